The van der Waals surface area contributed by atoms with Crippen LogP contribution in [0.25, 0.3) is 17.0 Å². The van der Waals surface area contributed by atoms with Gasteiger partial charge < -0.3 is 10.1 Å². The third kappa shape index (κ3) is 3.54. The van der Waals surface area contributed by atoms with Crippen molar-refractivity contribution < 1.29 is 4.74 Å². The molecule has 1 N–H and O–H groups in total. The molecule has 0 amide bonds. The van der Waals surface area contributed by atoms with Crippen molar-refractivity contribution in [2.24, 2.45) is 5.41 Å². The Hall–Kier alpha value is -1.95. The zero-order valence-electron chi connectivity index (χ0n) is 15.9. The highest BCUT2D eigenvalue weighted by atomic mass is 35.5. The first-order valence-corrected chi connectivity index (χ1v) is 10.5. The summed E-state index contributed by atoms with van der Waals surface area (Å²) in [5.74, 6) is 0. The van der Waals surface area contributed by atoms with Gasteiger partial charge in [-0.25, -0.2) is 4.98 Å². The van der Waals surface area contributed by atoms with Gasteiger partial charge in [-0.1, -0.05) is 17.7 Å². The fraction of sp³-hybridized carbons (Fsp3) is 0.455. The summed E-state index contributed by atoms with van der Waals surface area (Å²) in [7, 11) is 0. The number of pyridine rings is 2. The minimum Gasteiger partial charge on any atom is -0.377 e. The average Bonchev–Trinajstić information content (AvgIpc) is 3.14. The summed E-state index contributed by atoms with van der Waals surface area (Å²) >= 11 is 6.17. The highest BCUT2D eigenvalue weighted by molar-refractivity contribution is 6.30. The lowest BCUT2D eigenvalue weighted by molar-refractivity contribution is -0.0738. The number of nitrogens with zero attached hydrogens (tertiary/aromatic N) is 3. The molecule has 0 aromatic carbocycles. The van der Waals surface area contributed by atoms with Gasteiger partial charge in [0.15, 0.2) is 0 Å². The van der Waals surface area contributed by atoms with Crippen LogP contribution in [0, 0.1) is 5.41 Å². The second kappa shape index (κ2) is 7.47. The Morgan fingerprint density at radius 2 is 2.07 bits per heavy atom. The fourth-order valence-corrected chi connectivity index (χ4v) is 4.70. The predicted molar refractivity (Wildman–Crippen MR) is 111 cm³/mol. The van der Waals surface area contributed by atoms with Crippen molar-refractivity contribution >= 4 is 17.2 Å². The first-order valence-electron chi connectivity index (χ1n) is 10.1. The molecule has 1 unspecified atom stereocenters. The highest BCUT2D eigenvalue weighted by Crippen LogP contribution is 2.39. The van der Waals surface area contributed by atoms with Crippen molar-refractivity contribution in [3.63, 3.8) is 0 Å². The number of hydrogen-bond acceptors (Lipinski definition) is 4. The number of ether oxygens (including phenoxy) is 1. The quantitative estimate of drug-likeness (QED) is 0.722. The lowest BCUT2D eigenvalue weighted by Crippen LogP contribution is -2.44. The van der Waals surface area contributed by atoms with E-state index in [2.05, 4.69) is 22.4 Å². The number of hydrogen-bond donors (Lipinski definition) is 1. The Labute approximate surface area is 170 Å². The van der Waals surface area contributed by atoms with Crippen molar-refractivity contribution in [1.82, 2.24) is 19.7 Å². The molecule has 2 saturated heterocycles. The van der Waals surface area contributed by atoms with E-state index in [4.69, 9.17) is 21.3 Å². The Bertz CT molecular complexity index is 970. The molecule has 3 aromatic rings. The van der Waals surface area contributed by atoms with Crippen LogP contribution in [0.1, 0.15) is 31.4 Å². The van der Waals surface area contributed by atoms with E-state index in [1.165, 1.54) is 19.3 Å². The second-order valence-electron chi connectivity index (χ2n) is 8.16. The molecule has 1 atom stereocenters. The number of nitrogens with one attached hydrogen (secondary N) is 1. The molecule has 1 spiro atoms. The molecule has 0 saturated carbocycles. The van der Waals surface area contributed by atoms with Gasteiger partial charge in [0.25, 0.3) is 0 Å². The highest BCUT2D eigenvalue weighted by Gasteiger charge is 2.37. The molecule has 2 aliphatic rings. The van der Waals surface area contributed by atoms with Crippen molar-refractivity contribution in [2.75, 3.05) is 19.7 Å². The molecule has 0 bridgehead atoms. The summed E-state index contributed by atoms with van der Waals surface area (Å²) < 4.78 is 8.28. The monoisotopic (exact) mass is 396 g/mol. The van der Waals surface area contributed by atoms with Crippen molar-refractivity contribution in [2.45, 2.75) is 38.2 Å². The van der Waals surface area contributed by atoms with Crippen molar-refractivity contribution in [3.05, 3.63) is 53.4 Å². The van der Waals surface area contributed by atoms with Crippen LogP contribution in [-0.2, 0) is 11.2 Å². The molecule has 5 rings (SSSR count). The molecular weight excluding hydrogens is 372 g/mol. The number of aromatic nitrogens is 3. The minimum absolute atomic E-state index is 0.264. The van der Waals surface area contributed by atoms with E-state index < -0.39 is 0 Å². The van der Waals surface area contributed by atoms with Gasteiger partial charge >= 0.3 is 0 Å². The van der Waals surface area contributed by atoms with E-state index in [0.29, 0.717) is 10.4 Å². The van der Waals surface area contributed by atoms with E-state index in [1.54, 1.807) is 0 Å². The van der Waals surface area contributed by atoms with Gasteiger partial charge in [0, 0.05) is 18.3 Å². The lowest BCUT2D eigenvalue weighted by Gasteiger charge is -2.43. The van der Waals surface area contributed by atoms with Crippen LogP contribution >= 0.6 is 11.6 Å². The van der Waals surface area contributed by atoms with Crippen LogP contribution in [-0.4, -0.2) is 40.2 Å². The van der Waals surface area contributed by atoms with E-state index >= 15 is 0 Å². The standard InChI is InChI=1S/C22H25ClN4O/c23-16-4-5-21-25-13-20(27(21)14-16)19-3-1-2-17(26-19)12-18-6-7-22(15-28-18)8-10-24-11-9-22/h1-5,13-14,18,24H,6-12,15H2. The van der Waals surface area contributed by atoms with Gasteiger partial charge in [-0.3, -0.25) is 9.38 Å². The Kier molecular flexibility index (Phi) is 4.83. The Morgan fingerprint density at radius 1 is 1.18 bits per heavy atom. The second-order valence-corrected chi connectivity index (χ2v) is 8.60. The predicted octanol–water partition coefficient (Wildman–Crippen LogP) is 4.14. The molecule has 146 valence electrons. The number of fused-ring (bicyclic) bond motifs is 1. The summed E-state index contributed by atoms with van der Waals surface area (Å²) in [5.41, 5.74) is 4.22. The summed E-state index contributed by atoms with van der Waals surface area (Å²) in [6, 6.07) is 9.96. The Balaban J connectivity index is 1.32. The minimum atomic E-state index is 0.264. The molecule has 2 aliphatic heterocycles. The number of rotatable bonds is 3. The third-order valence-corrected chi connectivity index (χ3v) is 6.49. The van der Waals surface area contributed by atoms with E-state index in [9.17, 15) is 0 Å². The third-order valence-electron chi connectivity index (χ3n) is 6.26. The maximum atomic E-state index is 6.29. The van der Waals surface area contributed by atoms with Crippen LogP contribution in [0.4, 0.5) is 0 Å². The van der Waals surface area contributed by atoms with Gasteiger partial charge in [-0.2, -0.15) is 0 Å². The average molecular weight is 397 g/mol. The SMILES string of the molecule is Clc1ccc2ncc(-c3cccc(CC4CCC5(CCNCC5)CO4)n3)n2c1. The molecular formula is C22H25ClN4O. The molecule has 6 heteroatoms. The molecule has 2 fully saturated rings. The van der Waals surface area contributed by atoms with Crippen molar-refractivity contribution in [3.8, 4) is 11.4 Å². The lowest BCUT2D eigenvalue weighted by atomic mass is 9.74. The zero-order chi connectivity index (χ0) is 19.0. The molecule has 28 heavy (non-hydrogen) atoms. The van der Waals surface area contributed by atoms with Crippen LogP contribution in [0.15, 0.2) is 42.7 Å². The number of piperidine rings is 1. The Morgan fingerprint density at radius 3 is 2.89 bits per heavy atom. The van der Waals surface area contributed by atoms with Crippen LogP contribution in [0.5, 0.6) is 0 Å². The maximum absolute atomic E-state index is 6.29. The summed E-state index contributed by atoms with van der Waals surface area (Å²) in [5, 5.41) is 4.15. The van der Waals surface area contributed by atoms with Gasteiger partial charge in [0.1, 0.15) is 5.65 Å². The molecule has 5 nitrogen and oxygen atoms in total. The van der Waals surface area contributed by atoms with Crippen LogP contribution in [0.2, 0.25) is 5.02 Å². The van der Waals surface area contributed by atoms with Gasteiger partial charge in [0.05, 0.1) is 35.3 Å². The van der Waals surface area contributed by atoms with Crippen LogP contribution in [0.3, 0.4) is 0 Å². The van der Waals surface area contributed by atoms with Crippen molar-refractivity contribution in [1.29, 1.82) is 0 Å². The first-order chi connectivity index (χ1) is 13.7. The summed E-state index contributed by atoms with van der Waals surface area (Å²) in [4.78, 5) is 9.36. The molecule has 0 radical (unpaired) electrons. The molecule has 0 aliphatic carbocycles. The number of imidazole rings is 1. The summed E-state index contributed by atoms with van der Waals surface area (Å²) in [6.45, 7) is 3.15. The summed E-state index contributed by atoms with van der Waals surface area (Å²) in [6.07, 6.45) is 9.74. The zero-order valence-corrected chi connectivity index (χ0v) is 16.7. The number of halogens is 1. The molecule has 5 heterocycles. The van der Waals surface area contributed by atoms with E-state index in [0.717, 1.165) is 55.3 Å². The molecule has 3 aromatic heterocycles. The smallest absolute Gasteiger partial charge is 0.137 e. The first kappa shape index (κ1) is 18.1. The normalized spacial score (nSPS) is 22.0. The van der Waals surface area contributed by atoms with Gasteiger partial charge in [0.2, 0.25) is 0 Å². The fourth-order valence-electron chi connectivity index (χ4n) is 4.54. The topological polar surface area (TPSA) is 51.5 Å². The van der Waals surface area contributed by atoms with Crippen LogP contribution < -0.4 is 5.32 Å². The van der Waals surface area contributed by atoms with E-state index in [-0.39, 0.29) is 6.10 Å². The van der Waals surface area contributed by atoms with Gasteiger partial charge in [-0.15, -0.1) is 0 Å². The van der Waals surface area contributed by atoms with E-state index in [1.807, 2.05) is 35.0 Å². The maximum Gasteiger partial charge on any atom is 0.137 e. The van der Waals surface area contributed by atoms with Gasteiger partial charge in [-0.05, 0) is 68.5 Å². The largest absolute Gasteiger partial charge is 0.377 e.